The van der Waals surface area contributed by atoms with Crippen molar-refractivity contribution in [2.45, 2.75) is 0 Å². The molecule has 0 radical (unpaired) electrons. The van der Waals surface area contributed by atoms with Gasteiger partial charge in [-0.1, -0.05) is 30.3 Å². The van der Waals surface area contributed by atoms with Crippen molar-refractivity contribution in [2.24, 2.45) is 12.9 Å². The van der Waals surface area contributed by atoms with Gasteiger partial charge in [0.25, 0.3) is 5.91 Å². The molecule has 7 heteroatoms. The van der Waals surface area contributed by atoms with Crippen LogP contribution in [0.5, 0.6) is 0 Å². The fourth-order valence-electron chi connectivity index (χ4n) is 2.80. The molecule has 0 aliphatic rings. The van der Waals surface area contributed by atoms with Crippen molar-refractivity contribution in [1.82, 2.24) is 25.4 Å². The number of nitrogen functional groups attached to an aromatic ring is 1. The Hall–Kier alpha value is -3.32. The van der Waals surface area contributed by atoms with Crippen LogP contribution in [-0.4, -0.2) is 25.9 Å². The highest BCUT2D eigenvalue weighted by molar-refractivity contribution is 5.99. The zero-order valence-electron chi connectivity index (χ0n) is 12.9. The number of aromatic nitrogens is 4. The minimum atomic E-state index is -0.467. The third kappa shape index (κ3) is 2.19. The van der Waals surface area contributed by atoms with E-state index in [2.05, 4.69) is 26.8 Å². The van der Waals surface area contributed by atoms with Gasteiger partial charge in [-0.2, -0.15) is 5.10 Å². The smallest absolute Gasteiger partial charge is 0.285 e. The SMILES string of the molecule is Cn1ncc2ccc(-c3cccc4cc(C(=O)NN)nnc34)cc21. The summed E-state index contributed by atoms with van der Waals surface area (Å²) in [6, 6.07) is 13.6. The van der Waals surface area contributed by atoms with E-state index in [1.807, 2.05) is 48.3 Å². The summed E-state index contributed by atoms with van der Waals surface area (Å²) in [7, 11) is 1.91. The van der Waals surface area contributed by atoms with E-state index >= 15 is 0 Å². The van der Waals surface area contributed by atoms with Crippen molar-refractivity contribution in [3.05, 3.63) is 54.4 Å². The van der Waals surface area contributed by atoms with E-state index in [4.69, 9.17) is 5.84 Å². The van der Waals surface area contributed by atoms with E-state index in [1.165, 1.54) is 0 Å². The van der Waals surface area contributed by atoms with Gasteiger partial charge in [0, 0.05) is 23.4 Å². The summed E-state index contributed by atoms with van der Waals surface area (Å²) < 4.78 is 1.83. The number of carbonyl (C=O) groups is 1. The summed E-state index contributed by atoms with van der Waals surface area (Å²) in [6.07, 6.45) is 1.83. The predicted octanol–water partition coefficient (Wildman–Crippen LogP) is 1.79. The van der Waals surface area contributed by atoms with Crippen LogP contribution < -0.4 is 11.3 Å². The molecule has 0 spiro atoms. The first kappa shape index (κ1) is 14.3. The van der Waals surface area contributed by atoms with Crippen molar-refractivity contribution in [3.63, 3.8) is 0 Å². The molecule has 0 saturated heterocycles. The second kappa shape index (κ2) is 5.39. The second-order valence-corrected chi connectivity index (χ2v) is 5.49. The van der Waals surface area contributed by atoms with Gasteiger partial charge in [0.1, 0.15) is 5.52 Å². The van der Waals surface area contributed by atoms with Gasteiger partial charge >= 0.3 is 0 Å². The number of carbonyl (C=O) groups excluding carboxylic acids is 1. The Labute approximate surface area is 137 Å². The highest BCUT2D eigenvalue weighted by Gasteiger charge is 2.11. The molecule has 0 unspecified atom stereocenters. The van der Waals surface area contributed by atoms with E-state index in [0.29, 0.717) is 0 Å². The lowest BCUT2D eigenvalue weighted by molar-refractivity contribution is 0.0948. The van der Waals surface area contributed by atoms with Gasteiger partial charge in [0.2, 0.25) is 0 Å². The van der Waals surface area contributed by atoms with Gasteiger partial charge in [0.05, 0.1) is 11.7 Å². The molecule has 118 valence electrons. The molecule has 7 nitrogen and oxygen atoms in total. The molecule has 0 bridgehead atoms. The van der Waals surface area contributed by atoms with Crippen LogP contribution in [0.3, 0.4) is 0 Å². The van der Waals surface area contributed by atoms with Gasteiger partial charge in [0.15, 0.2) is 5.69 Å². The maximum atomic E-state index is 11.6. The predicted molar refractivity (Wildman–Crippen MR) is 90.9 cm³/mol. The Morgan fingerprint density at radius 2 is 2.00 bits per heavy atom. The molecule has 0 saturated carbocycles. The van der Waals surface area contributed by atoms with Crippen molar-refractivity contribution >= 4 is 27.7 Å². The van der Waals surface area contributed by atoms with Crippen LogP contribution >= 0.6 is 0 Å². The molecule has 2 heterocycles. The Balaban J connectivity index is 1.91. The van der Waals surface area contributed by atoms with Crippen molar-refractivity contribution < 1.29 is 4.79 Å². The summed E-state index contributed by atoms with van der Waals surface area (Å²) >= 11 is 0. The van der Waals surface area contributed by atoms with Crippen LogP contribution in [0.15, 0.2) is 48.7 Å². The molecule has 0 aliphatic carbocycles. The number of aryl methyl sites for hydroxylation is 1. The van der Waals surface area contributed by atoms with Gasteiger partial charge in [-0.3, -0.25) is 14.9 Å². The lowest BCUT2D eigenvalue weighted by atomic mass is 10.0. The summed E-state index contributed by atoms with van der Waals surface area (Å²) in [5.41, 5.74) is 5.98. The number of fused-ring (bicyclic) bond motifs is 2. The number of nitrogens with one attached hydrogen (secondary N) is 1. The first-order chi connectivity index (χ1) is 11.7. The van der Waals surface area contributed by atoms with E-state index < -0.39 is 5.91 Å². The first-order valence-corrected chi connectivity index (χ1v) is 7.37. The van der Waals surface area contributed by atoms with Gasteiger partial charge in [-0.15, -0.1) is 10.2 Å². The summed E-state index contributed by atoms with van der Waals surface area (Å²) in [5.74, 6) is 4.68. The number of benzene rings is 2. The maximum Gasteiger partial charge on any atom is 0.285 e. The first-order valence-electron chi connectivity index (χ1n) is 7.37. The van der Waals surface area contributed by atoms with E-state index in [0.717, 1.165) is 32.9 Å². The molecule has 1 amide bonds. The largest absolute Gasteiger partial charge is 0.289 e. The molecule has 3 N–H and O–H groups in total. The molecular weight excluding hydrogens is 304 g/mol. The third-order valence-electron chi connectivity index (χ3n) is 4.04. The Kier molecular flexibility index (Phi) is 3.21. The fraction of sp³-hybridized carbons (Fsp3) is 0.0588. The van der Waals surface area contributed by atoms with Crippen molar-refractivity contribution in [2.75, 3.05) is 0 Å². The lowest BCUT2D eigenvalue weighted by Gasteiger charge is -2.07. The molecule has 24 heavy (non-hydrogen) atoms. The van der Waals surface area contributed by atoms with Crippen LogP contribution in [0.4, 0.5) is 0 Å². The summed E-state index contributed by atoms with van der Waals surface area (Å²) in [6.45, 7) is 0. The maximum absolute atomic E-state index is 11.6. The van der Waals surface area contributed by atoms with Crippen molar-refractivity contribution in [3.8, 4) is 11.1 Å². The van der Waals surface area contributed by atoms with Crippen LogP contribution in [0, 0.1) is 0 Å². The van der Waals surface area contributed by atoms with Crippen LogP contribution in [0.25, 0.3) is 32.9 Å². The lowest BCUT2D eigenvalue weighted by Crippen LogP contribution is -2.30. The fourth-order valence-corrected chi connectivity index (χ4v) is 2.80. The second-order valence-electron chi connectivity index (χ2n) is 5.49. The van der Waals surface area contributed by atoms with Crippen molar-refractivity contribution in [1.29, 1.82) is 0 Å². The standard InChI is InChI=1S/C17H14N6O/c1-23-15-8-10(5-6-12(15)9-19-23)13-4-2-3-11-7-14(17(24)20-18)21-22-16(11)13/h2-9H,18H2,1H3,(H,20,24). The monoisotopic (exact) mass is 318 g/mol. The molecule has 4 aromatic rings. The average molecular weight is 318 g/mol. The number of rotatable bonds is 2. The van der Waals surface area contributed by atoms with E-state index in [-0.39, 0.29) is 5.69 Å². The summed E-state index contributed by atoms with van der Waals surface area (Å²) in [5, 5.41) is 14.4. The number of hydrogen-bond acceptors (Lipinski definition) is 5. The molecule has 0 atom stereocenters. The minimum Gasteiger partial charge on any atom is -0.289 e. The molecule has 0 fully saturated rings. The molecule has 2 aromatic heterocycles. The Morgan fingerprint density at radius 3 is 2.83 bits per heavy atom. The number of nitrogens with zero attached hydrogens (tertiary/aromatic N) is 4. The number of nitrogens with two attached hydrogens (primary N) is 1. The van der Waals surface area contributed by atoms with E-state index in [1.54, 1.807) is 6.07 Å². The number of hydrogen-bond donors (Lipinski definition) is 2. The molecule has 2 aromatic carbocycles. The van der Waals surface area contributed by atoms with Gasteiger partial charge < -0.3 is 0 Å². The molecule has 0 aliphatic heterocycles. The Bertz CT molecular complexity index is 1090. The average Bonchev–Trinajstić information content (AvgIpc) is 3.00. The molecule has 4 rings (SSSR count). The van der Waals surface area contributed by atoms with Crippen LogP contribution in [0.1, 0.15) is 10.5 Å². The normalized spacial score (nSPS) is 11.1. The minimum absolute atomic E-state index is 0.184. The van der Waals surface area contributed by atoms with Gasteiger partial charge in [-0.25, -0.2) is 5.84 Å². The van der Waals surface area contributed by atoms with E-state index in [9.17, 15) is 4.79 Å². The third-order valence-corrected chi connectivity index (χ3v) is 4.04. The zero-order valence-corrected chi connectivity index (χ0v) is 12.9. The highest BCUT2D eigenvalue weighted by atomic mass is 16.2. The quantitative estimate of drug-likeness (QED) is 0.333. The number of hydrazine groups is 1. The van der Waals surface area contributed by atoms with Crippen LogP contribution in [0.2, 0.25) is 0 Å². The zero-order chi connectivity index (χ0) is 16.7. The topological polar surface area (TPSA) is 98.7 Å². The summed E-state index contributed by atoms with van der Waals surface area (Å²) in [4.78, 5) is 11.6. The Morgan fingerprint density at radius 1 is 1.12 bits per heavy atom. The van der Waals surface area contributed by atoms with Crippen LogP contribution in [-0.2, 0) is 7.05 Å². The number of amides is 1. The molecular formula is C17H14N6O. The highest BCUT2D eigenvalue weighted by Crippen LogP contribution is 2.29. The van der Waals surface area contributed by atoms with Gasteiger partial charge in [-0.05, 0) is 17.7 Å².